The average molecular weight is 298 g/mol. The van der Waals surface area contributed by atoms with Crippen molar-refractivity contribution in [3.8, 4) is 0 Å². The van der Waals surface area contributed by atoms with Gasteiger partial charge in [0.05, 0.1) is 10.6 Å². The second kappa shape index (κ2) is 5.66. The van der Waals surface area contributed by atoms with Crippen LogP contribution in [0.25, 0.3) is 0 Å². The first-order valence-electron chi connectivity index (χ1n) is 7.49. The van der Waals surface area contributed by atoms with Crippen molar-refractivity contribution in [2.75, 3.05) is 31.1 Å². The quantitative estimate of drug-likeness (QED) is 0.869. The number of hydrogen-bond donors (Lipinski definition) is 0. The minimum atomic E-state index is 0.975. The SMILES string of the molecule is c1cnc2c(c1)Sc1ncccc1N2CCN1CCCC1. The van der Waals surface area contributed by atoms with E-state index in [1.54, 1.807) is 11.8 Å². The number of likely N-dealkylation sites (tertiary alicyclic amines) is 1. The molecule has 108 valence electrons. The summed E-state index contributed by atoms with van der Waals surface area (Å²) in [6, 6.07) is 8.29. The summed E-state index contributed by atoms with van der Waals surface area (Å²) < 4.78 is 0. The lowest BCUT2D eigenvalue weighted by atomic mass is 10.3. The van der Waals surface area contributed by atoms with E-state index in [0.717, 1.165) is 23.9 Å². The maximum Gasteiger partial charge on any atom is 0.147 e. The van der Waals surface area contributed by atoms with Crippen molar-refractivity contribution >= 4 is 23.3 Å². The molecule has 0 bridgehead atoms. The van der Waals surface area contributed by atoms with Crippen molar-refractivity contribution in [3.63, 3.8) is 0 Å². The second-order valence-electron chi connectivity index (χ2n) is 5.46. The van der Waals surface area contributed by atoms with E-state index in [1.807, 2.05) is 24.5 Å². The molecule has 0 amide bonds. The first kappa shape index (κ1) is 13.1. The van der Waals surface area contributed by atoms with Crippen LogP contribution in [-0.4, -0.2) is 41.0 Å². The van der Waals surface area contributed by atoms with Crippen molar-refractivity contribution in [1.29, 1.82) is 0 Å². The number of anilines is 2. The Balaban J connectivity index is 1.64. The lowest BCUT2D eigenvalue weighted by Crippen LogP contribution is -2.33. The van der Waals surface area contributed by atoms with E-state index in [1.165, 1.54) is 36.5 Å². The molecule has 4 rings (SSSR count). The minimum absolute atomic E-state index is 0.975. The number of nitrogens with zero attached hydrogens (tertiary/aromatic N) is 4. The van der Waals surface area contributed by atoms with Crippen LogP contribution in [0.4, 0.5) is 11.5 Å². The first-order valence-corrected chi connectivity index (χ1v) is 8.31. The normalized spacial score (nSPS) is 17.6. The summed E-state index contributed by atoms with van der Waals surface area (Å²) in [5.74, 6) is 1.07. The topological polar surface area (TPSA) is 32.3 Å². The van der Waals surface area contributed by atoms with Gasteiger partial charge in [-0.3, -0.25) is 0 Å². The fourth-order valence-corrected chi connectivity index (χ4v) is 4.03. The zero-order valence-electron chi connectivity index (χ0n) is 11.9. The Morgan fingerprint density at radius 1 is 1.00 bits per heavy atom. The van der Waals surface area contributed by atoms with Gasteiger partial charge in [0.1, 0.15) is 10.8 Å². The third kappa shape index (κ3) is 2.51. The summed E-state index contributed by atoms with van der Waals surface area (Å²) in [6.07, 6.45) is 6.42. The van der Waals surface area contributed by atoms with Gasteiger partial charge >= 0.3 is 0 Å². The van der Waals surface area contributed by atoms with E-state index in [-0.39, 0.29) is 0 Å². The predicted octanol–water partition coefficient (Wildman–Crippen LogP) is 3.18. The van der Waals surface area contributed by atoms with E-state index in [9.17, 15) is 0 Å². The summed E-state index contributed by atoms with van der Waals surface area (Å²) in [6.45, 7) is 4.54. The Morgan fingerprint density at radius 2 is 1.81 bits per heavy atom. The molecule has 0 radical (unpaired) electrons. The molecule has 2 aliphatic rings. The first-order chi connectivity index (χ1) is 10.4. The summed E-state index contributed by atoms with van der Waals surface area (Å²) in [4.78, 5) is 15.2. The Kier molecular flexibility index (Phi) is 3.53. The highest BCUT2D eigenvalue weighted by Crippen LogP contribution is 2.45. The standard InChI is InChI=1S/C16H18N4S/c1-2-10-19(9-1)11-12-20-13-5-3-8-18-16(13)21-14-6-4-7-17-15(14)20/h3-8H,1-2,9-12H2. The van der Waals surface area contributed by atoms with E-state index in [4.69, 9.17) is 0 Å². The van der Waals surface area contributed by atoms with Crippen LogP contribution in [0.15, 0.2) is 46.6 Å². The molecule has 4 heterocycles. The van der Waals surface area contributed by atoms with Gasteiger partial charge in [-0.1, -0.05) is 11.8 Å². The maximum absolute atomic E-state index is 4.60. The summed E-state index contributed by atoms with van der Waals surface area (Å²) in [5.41, 5.74) is 1.19. The van der Waals surface area contributed by atoms with Gasteiger partial charge in [-0.2, -0.15) is 0 Å². The molecule has 4 nitrogen and oxygen atoms in total. The predicted molar refractivity (Wildman–Crippen MR) is 85.3 cm³/mol. The molecule has 0 spiro atoms. The summed E-state index contributed by atoms with van der Waals surface area (Å²) >= 11 is 1.72. The molecule has 2 aromatic rings. The van der Waals surface area contributed by atoms with Crippen molar-refractivity contribution in [2.24, 2.45) is 0 Å². The largest absolute Gasteiger partial charge is 0.322 e. The van der Waals surface area contributed by atoms with E-state index in [2.05, 4.69) is 31.9 Å². The van der Waals surface area contributed by atoms with Crippen LogP contribution in [-0.2, 0) is 0 Å². The highest BCUT2D eigenvalue weighted by Gasteiger charge is 2.25. The molecule has 21 heavy (non-hydrogen) atoms. The third-order valence-corrected chi connectivity index (χ3v) is 5.14. The average Bonchev–Trinajstić information content (AvgIpc) is 3.05. The molecule has 0 unspecified atom stereocenters. The Morgan fingerprint density at radius 3 is 2.71 bits per heavy atom. The molecule has 0 atom stereocenters. The molecule has 0 saturated carbocycles. The number of rotatable bonds is 3. The van der Waals surface area contributed by atoms with E-state index < -0.39 is 0 Å². The van der Waals surface area contributed by atoms with Crippen LogP contribution in [0.2, 0.25) is 0 Å². The zero-order chi connectivity index (χ0) is 14.1. The Bertz CT molecular complexity index is 594. The Hall–Kier alpha value is -1.59. The van der Waals surface area contributed by atoms with Gasteiger partial charge < -0.3 is 9.80 Å². The molecular weight excluding hydrogens is 280 g/mol. The monoisotopic (exact) mass is 298 g/mol. The van der Waals surface area contributed by atoms with Crippen LogP contribution in [0.3, 0.4) is 0 Å². The second-order valence-corrected chi connectivity index (χ2v) is 6.49. The molecule has 2 aromatic heterocycles. The van der Waals surface area contributed by atoms with E-state index >= 15 is 0 Å². The number of hydrogen-bond acceptors (Lipinski definition) is 5. The molecule has 1 saturated heterocycles. The van der Waals surface area contributed by atoms with Crippen molar-refractivity contribution in [2.45, 2.75) is 22.8 Å². The lowest BCUT2D eigenvalue weighted by Gasteiger charge is -2.32. The summed E-state index contributed by atoms with van der Waals surface area (Å²) in [7, 11) is 0. The summed E-state index contributed by atoms with van der Waals surface area (Å²) in [5, 5.41) is 1.08. The molecule has 0 aliphatic carbocycles. The molecule has 0 N–H and O–H groups in total. The van der Waals surface area contributed by atoms with Crippen LogP contribution < -0.4 is 4.90 Å². The maximum atomic E-state index is 4.60. The van der Waals surface area contributed by atoms with E-state index in [0.29, 0.717) is 0 Å². The van der Waals surface area contributed by atoms with Gasteiger partial charge in [-0.15, -0.1) is 0 Å². The number of aromatic nitrogens is 2. The lowest BCUT2D eigenvalue weighted by molar-refractivity contribution is 0.347. The van der Waals surface area contributed by atoms with Crippen molar-refractivity contribution in [1.82, 2.24) is 14.9 Å². The van der Waals surface area contributed by atoms with Gasteiger partial charge in [0, 0.05) is 25.5 Å². The van der Waals surface area contributed by atoms with Gasteiger partial charge in [0.15, 0.2) is 0 Å². The zero-order valence-corrected chi connectivity index (χ0v) is 12.7. The van der Waals surface area contributed by atoms with Crippen LogP contribution in [0.5, 0.6) is 0 Å². The molecule has 0 aromatic carbocycles. The fraction of sp³-hybridized carbons (Fsp3) is 0.375. The third-order valence-electron chi connectivity index (χ3n) is 4.09. The molecule has 5 heteroatoms. The van der Waals surface area contributed by atoms with Gasteiger partial charge in [-0.25, -0.2) is 9.97 Å². The van der Waals surface area contributed by atoms with Gasteiger partial charge in [0.2, 0.25) is 0 Å². The number of pyridine rings is 2. The van der Waals surface area contributed by atoms with Crippen molar-refractivity contribution < 1.29 is 0 Å². The smallest absolute Gasteiger partial charge is 0.147 e. The highest BCUT2D eigenvalue weighted by molar-refractivity contribution is 7.99. The molecular formula is C16H18N4S. The van der Waals surface area contributed by atoms with Crippen LogP contribution in [0.1, 0.15) is 12.8 Å². The van der Waals surface area contributed by atoms with Crippen molar-refractivity contribution in [3.05, 3.63) is 36.7 Å². The Labute approximate surface area is 129 Å². The molecule has 2 aliphatic heterocycles. The van der Waals surface area contributed by atoms with Gasteiger partial charge in [0.25, 0.3) is 0 Å². The number of fused-ring (bicyclic) bond motifs is 2. The fourth-order valence-electron chi connectivity index (χ4n) is 3.02. The molecule has 1 fully saturated rings. The minimum Gasteiger partial charge on any atom is -0.322 e. The van der Waals surface area contributed by atoms with Crippen LogP contribution in [0, 0.1) is 0 Å². The van der Waals surface area contributed by atoms with Crippen LogP contribution >= 0.6 is 11.8 Å². The van der Waals surface area contributed by atoms with Gasteiger partial charge in [-0.05, 0) is 50.2 Å². The highest BCUT2D eigenvalue weighted by atomic mass is 32.2.